The largest absolute Gasteiger partial charge is 0.324 e. The Bertz CT molecular complexity index is 1220. The number of para-hydroxylation sites is 3. The van der Waals surface area contributed by atoms with Gasteiger partial charge in [0.15, 0.2) is 5.16 Å². The highest BCUT2D eigenvalue weighted by atomic mass is 32.2. The summed E-state index contributed by atoms with van der Waals surface area (Å²) in [7, 11) is 0. The van der Waals surface area contributed by atoms with Crippen molar-refractivity contribution >= 4 is 45.9 Å². The van der Waals surface area contributed by atoms with Crippen LogP contribution < -0.4 is 15.8 Å². The molecule has 0 spiro atoms. The Morgan fingerprint density at radius 3 is 2.72 bits per heavy atom. The first-order chi connectivity index (χ1) is 15.5. The predicted molar refractivity (Wildman–Crippen MR) is 128 cm³/mol. The molecule has 166 valence electrons. The van der Waals surface area contributed by atoms with Crippen LogP contribution in [0.3, 0.4) is 0 Å². The first kappa shape index (κ1) is 22.1. The van der Waals surface area contributed by atoms with Gasteiger partial charge in [-0.1, -0.05) is 49.4 Å². The van der Waals surface area contributed by atoms with Gasteiger partial charge in [0.25, 0.3) is 5.56 Å². The fourth-order valence-corrected chi connectivity index (χ4v) is 4.82. The third-order valence-corrected chi connectivity index (χ3v) is 6.48. The van der Waals surface area contributed by atoms with Crippen molar-refractivity contribution in [2.45, 2.75) is 50.9 Å². The van der Waals surface area contributed by atoms with Crippen LogP contribution in [0.25, 0.3) is 10.9 Å². The number of nitrogens with zero attached hydrogens (tertiary/aromatic N) is 3. The lowest BCUT2D eigenvalue weighted by Gasteiger charge is -2.27. The molecule has 0 aliphatic carbocycles. The molecular formula is C24H26N4O3S. The Kier molecular flexibility index (Phi) is 6.60. The van der Waals surface area contributed by atoms with Gasteiger partial charge < -0.3 is 10.2 Å². The van der Waals surface area contributed by atoms with E-state index in [1.807, 2.05) is 43.3 Å². The van der Waals surface area contributed by atoms with Gasteiger partial charge in [-0.15, -0.1) is 0 Å². The summed E-state index contributed by atoms with van der Waals surface area (Å²) >= 11 is 1.27. The summed E-state index contributed by atoms with van der Waals surface area (Å²) in [5, 5.41) is 4.00. The number of nitrogens with one attached hydrogen (secondary N) is 1. The Labute approximate surface area is 190 Å². The van der Waals surface area contributed by atoms with E-state index in [9.17, 15) is 14.4 Å². The van der Waals surface area contributed by atoms with Gasteiger partial charge in [0.2, 0.25) is 11.8 Å². The van der Waals surface area contributed by atoms with Crippen molar-refractivity contribution in [1.29, 1.82) is 0 Å². The van der Waals surface area contributed by atoms with Crippen LogP contribution in [0.1, 0.15) is 33.1 Å². The van der Waals surface area contributed by atoms with Crippen molar-refractivity contribution in [2.75, 3.05) is 16.0 Å². The Morgan fingerprint density at radius 1 is 1.16 bits per heavy atom. The highest BCUT2D eigenvalue weighted by Gasteiger charge is 2.29. The van der Waals surface area contributed by atoms with Crippen LogP contribution in [0.15, 0.2) is 58.5 Å². The minimum absolute atomic E-state index is 0.0812. The normalized spacial score (nSPS) is 15.9. The van der Waals surface area contributed by atoms with E-state index in [0.29, 0.717) is 34.0 Å². The molecule has 3 aromatic rings. The maximum Gasteiger partial charge on any atom is 0.262 e. The van der Waals surface area contributed by atoms with Crippen molar-refractivity contribution in [1.82, 2.24) is 9.55 Å². The zero-order valence-corrected chi connectivity index (χ0v) is 19.0. The molecule has 2 heterocycles. The second-order valence-corrected chi connectivity index (χ2v) is 8.84. The molecule has 0 fully saturated rings. The lowest BCUT2D eigenvalue weighted by molar-refractivity contribution is -0.117. The third-order valence-electron chi connectivity index (χ3n) is 5.51. The first-order valence-corrected chi connectivity index (χ1v) is 11.8. The molecule has 1 unspecified atom stereocenters. The van der Waals surface area contributed by atoms with Crippen LogP contribution in [-0.4, -0.2) is 33.2 Å². The van der Waals surface area contributed by atoms with Crippen molar-refractivity contribution in [3.8, 4) is 0 Å². The first-order valence-electron chi connectivity index (χ1n) is 10.8. The number of aromatic nitrogens is 2. The van der Waals surface area contributed by atoms with Crippen molar-refractivity contribution in [2.24, 2.45) is 0 Å². The molecule has 8 heteroatoms. The lowest BCUT2D eigenvalue weighted by atomic mass is 10.2. The molecule has 1 aromatic heterocycles. The second kappa shape index (κ2) is 9.56. The minimum atomic E-state index is -0.279. The molecule has 32 heavy (non-hydrogen) atoms. The SMILES string of the molecule is CCCCn1c(SCC(=O)N2c3ccccc3NC(=O)CC2C)nc2ccccc2c1=O. The summed E-state index contributed by atoms with van der Waals surface area (Å²) in [5.74, 6) is -0.127. The number of unbranched alkanes of at least 4 members (excludes halogenated alkanes) is 1. The molecule has 1 aliphatic rings. The van der Waals surface area contributed by atoms with E-state index in [4.69, 9.17) is 0 Å². The number of amides is 2. The van der Waals surface area contributed by atoms with Gasteiger partial charge >= 0.3 is 0 Å². The highest BCUT2D eigenvalue weighted by molar-refractivity contribution is 7.99. The van der Waals surface area contributed by atoms with Crippen molar-refractivity contribution in [3.63, 3.8) is 0 Å². The molecule has 2 aromatic carbocycles. The van der Waals surface area contributed by atoms with Crippen LogP contribution in [0.5, 0.6) is 0 Å². The number of fused-ring (bicyclic) bond motifs is 2. The molecule has 2 amide bonds. The summed E-state index contributed by atoms with van der Waals surface area (Å²) in [4.78, 5) is 45.0. The molecule has 0 radical (unpaired) electrons. The van der Waals surface area contributed by atoms with Gasteiger partial charge in [0.05, 0.1) is 28.0 Å². The van der Waals surface area contributed by atoms with Gasteiger partial charge in [-0.2, -0.15) is 0 Å². The maximum absolute atomic E-state index is 13.3. The number of thioether (sulfide) groups is 1. The van der Waals surface area contributed by atoms with Gasteiger partial charge in [0, 0.05) is 19.0 Å². The molecule has 4 rings (SSSR count). The summed E-state index contributed by atoms with van der Waals surface area (Å²) in [6.07, 6.45) is 2.03. The van der Waals surface area contributed by atoms with Gasteiger partial charge in [-0.25, -0.2) is 4.98 Å². The molecule has 7 nitrogen and oxygen atoms in total. The summed E-state index contributed by atoms with van der Waals surface area (Å²) in [5.41, 5.74) is 1.86. The fraction of sp³-hybridized carbons (Fsp3) is 0.333. The quantitative estimate of drug-likeness (QED) is 0.452. The average molecular weight is 451 g/mol. The number of anilines is 2. The average Bonchev–Trinajstić information content (AvgIpc) is 2.91. The number of hydrogen-bond donors (Lipinski definition) is 1. The zero-order valence-electron chi connectivity index (χ0n) is 18.2. The minimum Gasteiger partial charge on any atom is -0.324 e. The number of carbonyl (C=O) groups is 2. The molecule has 1 aliphatic heterocycles. The van der Waals surface area contributed by atoms with E-state index < -0.39 is 0 Å². The summed E-state index contributed by atoms with van der Waals surface area (Å²) in [6.45, 7) is 4.50. The Morgan fingerprint density at radius 2 is 1.91 bits per heavy atom. The lowest BCUT2D eigenvalue weighted by Crippen LogP contribution is -2.40. The monoisotopic (exact) mass is 450 g/mol. The highest BCUT2D eigenvalue weighted by Crippen LogP contribution is 2.32. The number of benzene rings is 2. The summed E-state index contributed by atoms with van der Waals surface area (Å²) < 4.78 is 1.68. The molecule has 0 bridgehead atoms. The smallest absolute Gasteiger partial charge is 0.262 e. The number of rotatable bonds is 6. The predicted octanol–water partition coefficient (Wildman–Crippen LogP) is 4.05. The Balaban J connectivity index is 1.64. The van der Waals surface area contributed by atoms with Crippen molar-refractivity contribution in [3.05, 3.63) is 58.9 Å². The Hall–Kier alpha value is -3.13. The third kappa shape index (κ3) is 4.41. The second-order valence-electron chi connectivity index (χ2n) is 7.89. The standard InChI is InChI=1S/C24H26N4O3S/c1-3-4-13-27-23(31)17-9-5-6-10-18(17)26-24(27)32-15-22(30)28-16(2)14-21(29)25-19-11-7-8-12-20(19)28/h5-12,16H,3-4,13-15H2,1-2H3,(H,25,29). The topological polar surface area (TPSA) is 84.3 Å². The van der Waals surface area contributed by atoms with E-state index in [2.05, 4.69) is 17.2 Å². The number of hydrogen-bond acceptors (Lipinski definition) is 5. The molecule has 0 saturated carbocycles. The van der Waals surface area contributed by atoms with E-state index in [1.54, 1.807) is 21.6 Å². The van der Waals surface area contributed by atoms with E-state index in [0.717, 1.165) is 12.8 Å². The zero-order chi connectivity index (χ0) is 22.7. The van der Waals surface area contributed by atoms with Gasteiger partial charge in [-0.05, 0) is 37.6 Å². The summed E-state index contributed by atoms with van der Waals surface area (Å²) in [6, 6.07) is 14.3. The van der Waals surface area contributed by atoms with Gasteiger partial charge in [-0.3, -0.25) is 19.0 Å². The maximum atomic E-state index is 13.3. The van der Waals surface area contributed by atoms with E-state index in [-0.39, 0.29) is 35.6 Å². The number of carbonyl (C=O) groups excluding carboxylic acids is 2. The van der Waals surface area contributed by atoms with Crippen LogP contribution >= 0.6 is 11.8 Å². The molecule has 0 saturated heterocycles. The molecular weight excluding hydrogens is 424 g/mol. The van der Waals surface area contributed by atoms with Crippen LogP contribution in [-0.2, 0) is 16.1 Å². The van der Waals surface area contributed by atoms with Gasteiger partial charge in [0.1, 0.15) is 0 Å². The van der Waals surface area contributed by atoms with Crippen LogP contribution in [0, 0.1) is 0 Å². The van der Waals surface area contributed by atoms with E-state index in [1.165, 1.54) is 11.8 Å². The van der Waals surface area contributed by atoms with Crippen LogP contribution in [0.4, 0.5) is 11.4 Å². The molecule has 1 atom stereocenters. The fourth-order valence-electron chi connectivity index (χ4n) is 3.93. The van der Waals surface area contributed by atoms with E-state index >= 15 is 0 Å². The van der Waals surface area contributed by atoms with Crippen LogP contribution in [0.2, 0.25) is 0 Å². The molecule has 1 N–H and O–H groups in total. The van der Waals surface area contributed by atoms with Crippen molar-refractivity contribution < 1.29 is 9.59 Å².